The molecule has 0 spiro atoms. The van der Waals surface area contributed by atoms with Crippen molar-refractivity contribution in [2.24, 2.45) is 112 Å². The van der Waals surface area contributed by atoms with Crippen molar-refractivity contribution in [3.63, 3.8) is 0 Å². The number of hydrogen-bond donors (Lipinski definition) is 0. The molecule has 0 aliphatic heterocycles. The van der Waals surface area contributed by atoms with Gasteiger partial charge in [0.1, 0.15) is 18.5 Å². The predicted octanol–water partition coefficient (Wildman–Crippen LogP) is 24.5. The summed E-state index contributed by atoms with van der Waals surface area (Å²) in [5.74, 6) is -32.2. The lowest BCUT2D eigenvalue weighted by Gasteiger charge is -2.41. The van der Waals surface area contributed by atoms with Crippen molar-refractivity contribution in [3.05, 3.63) is 0 Å². The van der Waals surface area contributed by atoms with Crippen LogP contribution in [0.2, 0.25) is 0 Å². The van der Waals surface area contributed by atoms with Crippen molar-refractivity contribution in [2.75, 3.05) is 0 Å². The smallest absolute Gasteiger partial charge is 0.247 e. The topological polar surface area (TPSA) is 0 Å². The van der Waals surface area contributed by atoms with E-state index in [4.69, 9.17) is 2.74 Å². The van der Waals surface area contributed by atoms with Gasteiger partial charge in [-0.25, -0.2) is 26.3 Å². The van der Waals surface area contributed by atoms with Crippen LogP contribution in [0, 0.1) is 112 Å². The fourth-order valence-electron chi connectivity index (χ4n) is 13.7. The number of hydrogen-bond acceptors (Lipinski definition) is 0. The van der Waals surface area contributed by atoms with Gasteiger partial charge >= 0.3 is 48.9 Å². The van der Waals surface area contributed by atoms with E-state index in [1.54, 1.807) is 34.6 Å². The fourth-order valence-corrected chi connectivity index (χ4v) is 13.7. The van der Waals surface area contributed by atoms with Crippen molar-refractivity contribution < 1.29 is 126 Å². The predicted molar refractivity (Wildman–Crippen MR) is 280 cm³/mol. The molecule has 0 radical (unpaired) electrons. The second-order valence-electron chi connectivity index (χ2n) is 27.1. The second-order valence-corrected chi connectivity index (χ2v) is 27.1. The maximum Gasteiger partial charge on any atom is 0.392 e. The Bertz CT molecular complexity index is 2030. The normalized spacial score (nSPS) is 43.0. The first-order valence-electron chi connectivity index (χ1n) is 30.9. The average molecular weight is 1350 g/mol. The van der Waals surface area contributed by atoms with Crippen LogP contribution in [-0.2, 0) is 0 Å². The SMILES string of the molecule is CC1C(F)C(F)[C@@H](C)C1F.CC1CC(C(F)(F)F)C[C@@H](C)C1.CC1CCCC(C(F)(F)F)[C@@H]1C.CC1C[C@H](C)CC(C(F)(F)F)C1C(F)(F)F.C[C@H]1C(F)(F)C(C)(F)C(F)(F)C1(F)F.[2H][C@@]1(C)C(C)CCCC1C(F)(F)F.[2H][C@]1(C)CC(C)CC(C(F)(F)F)C1. The van der Waals surface area contributed by atoms with Gasteiger partial charge in [0.05, 0.1) is 41.4 Å². The van der Waals surface area contributed by atoms with Crippen LogP contribution >= 0.6 is 0 Å². The quantitative estimate of drug-likeness (QED) is 0.212. The van der Waals surface area contributed by atoms with Crippen LogP contribution in [-0.4, -0.2) is 79.0 Å². The number of halogens is 28. The Labute approximate surface area is 503 Å². The molecule has 7 fully saturated rings. The lowest BCUT2D eigenvalue weighted by molar-refractivity contribution is -0.276. The zero-order valence-electron chi connectivity index (χ0n) is 54.0. The maximum atomic E-state index is 12.9. The molecule has 0 heterocycles. The molecular formula is C60H92F28. The zero-order valence-corrected chi connectivity index (χ0v) is 52.0. The van der Waals surface area contributed by atoms with Crippen LogP contribution in [0.15, 0.2) is 0 Å². The van der Waals surface area contributed by atoms with Gasteiger partial charge in [0.2, 0.25) is 5.67 Å². The third kappa shape index (κ3) is 22.3. The fraction of sp³-hybridized carbons (Fsp3) is 1.00. The lowest BCUT2D eigenvalue weighted by atomic mass is 9.68. The summed E-state index contributed by atoms with van der Waals surface area (Å²) < 4.78 is 366. The lowest BCUT2D eigenvalue weighted by Crippen LogP contribution is -2.52. The highest BCUT2D eigenvalue weighted by molar-refractivity contribution is 5.19. The van der Waals surface area contributed by atoms with Crippen LogP contribution in [0.4, 0.5) is 123 Å². The second kappa shape index (κ2) is 31.5. The van der Waals surface area contributed by atoms with Crippen LogP contribution in [0.1, 0.15) is 190 Å². The van der Waals surface area contributed by atoms with E-state index in [2.05, 4.69) is 0 Å². The third-order valence-electron chi connectivity index (χ3n) is 19.4. The van der Waals surface area contributed by atoms with E-state index in [9.17, 15) is 123 Å². The highest BCUT2D eigenvalue weighted by Gasteiger charge is 2.88. The van der Waals surface area contributed by atoms with Crippen LogP contribution in [0.25, 0.3) is 0 Å². The minimum absolute atomic E-state index is 0.0166. The summed E-state index contributed by atoms with van der Waals surface area (Å²) in [6.07, 6.45) is -24.7. The summed E-state index contributed by atoms with van der Waals surface area (Å²) in [5, 5.41) is 0. The van der Waals surface area contributed by atoms with Gasteiger partial charge in [-0.2, -0.15) is 96.6 Å². The van der Waals surface area contributed by atoms with Crippen molar-refractivity contribution in [1.82, 2.24) is 0 Å². The molecular weight excluding hydrogens is 1250 g/mol. The molecule has 0 aromatic heterocycles. The molecule has 88 heavy (non-hydrogen) atoms. The minimum atomic E-state index is -5.36. The first-order valence-corrected chi connectivity index (χ1v) is 29.9. The highest BCUT2D eigenvalue weighted by Crippen LogP contribution is 2.65. The summed E-state index contributed by atoms with van der Waals surface area (Å²) in [5.41, 5.74) is -4.52. The van der Waals surface area contributed by atoms with Crippen molar-refractivity contribution >= 4 is 0 Å². The molecule has 7 saturated carbocycles. The molecule has 528 valence electrons. The molecule has 0 saturated heterocycles. The van der Waals surface area contributed by atoms with Gasteiger partial charge in [-0.3, -0.25) is 0 Å². The Balaban J connectivity index is 0.000000527. The number of rotatable bonds is 0. The first-order chi connectivity index (χ1) is 39.8. The molecule has 0 bridgehead atoms. The maximum absolute atomic E-state index is 12.9. The zero-order chi connectivity index (χ0) is 71.4. The molecule has 28 heteroatoms. The van der Waals surface area contributed by atoms with Crippen molar-refractivity contribution in [3.8, 4) is 0 Å². The molecule has 0 aromatic rings. The monoisotopic (exact) mass is 1350 g/mol. The van der Waals surface area contributed by atoms with Gasteiger partial charge in [0, 0.05) is 14.6 Å². The summed E-state index contributed by atoms with van der Waals surface area (Å²) in [7, 11) is 0. The average Bonchev–Trinajstić information content (AvgIpc) is 1.54. The molecule has 7 aliphatic carbocycles. The van der Waals surface area contributed by atoms with Gasteiger partial charge < -0.3 is 0 Å². The Hall–Kier alpha value is -1.96. The van der Waals surface area contributed by atoms with E-state index >= 15 is 0 Å². The first kappa shape index (κ1) is 80.3. The Morgan fingerprint density at radius 3 is 0.989 bits per heavy atom. The molecule has 0 aromatic carbocycles. The minimum Gasteiger partial charge on any atom is -0.247 e. The molecule has 0 amide bonds. The van der Waals surface area contributed by atoms with Crippen molar-refractivity contribution in [2.45, 2.75) is 266 Å². The highest BCUT2D eigenvalue weighted by atomic mass is 19.4. The Kier molecular flexibility index (Phi) is 28.8. The van der Waals surface area contributed by atoms with Crippen LogP contribution in [0.5, 0.6) is 0 Å². The van der Waals surface area contributed by atoms with E-state index in [1.807, 2.05) is 20.8 Å². The van der Waals surface area contributed by atoms with Crippen LogP contribution < -0.4 is 0 Å². The Morgan fingerprint density at radius 2 is 0.705 bits per heavy atom. The summed E-state index contributed by atoms with van der Waals surface area (Å²) >= 11 is 0. The van der Waals surface area contributed by atoms with Gasteiger partial charge in [0.25, 0.3) is 5.92 Å². The largest absolute Gasteiger partial charge is 0.392 e. The molecule has 0 N–H and O–H groups in total. The molecule has 7 aliphatic rings. The summed E-state index contributed by atoms with van der Waals surface area (Å²) in [6.45, 7) is 19.7. The van der Waals surface area contributed by atoms with Gasteiger partial charge in [-0.1, -0.05) is 116 Å². The van der Waals surface area contributed by atoms with Gasteiger partial charge in [-0.15, -0.1) is 0 Å². The van der Waals surface area contributed by atoms with Gasteiger partial charge in [-0.05, 0) is 130 Å². The van der Waals surface area contributed by atoms with E-state index in [-0.39, 0.29) is 81.0 Å². The summed E-state index contributed by atoms with van der Waals surface area (Å²) in [4.78, 5) is 0. The third-order valence-corrected chi connectivity index (χ3v) is 19.4. The molecule has 16 unspecified atom stereocenters. The van der Waals surface area contributed by atoms with Crippen LogP contribution in [0.3, 0.4) is 0 Å². The standard InChI is InChI=1S/C10H14F6.4C9H15F3.C7H7F7.C7H11F3/c1-5-3-6(2)8(10(14,15)16)7(4-5)9(11,12)13;2*1-6-3-7(2)5-8(4-6)9(10,11)12;2*1-6-4-3-5-8(7(6)2)9(10,11)12;1-3-5(9,10)4(2,8)7(13,14)6(3,11)12;1-3-5(8)4(2)7(10)6(3)9/h5-8H,3-4H2,1-2H3;4*6-8H,3-5H2,1-2H3;3H,1-2H3;3-7H,1-2H3/t5-,6?,7?,8?;2*6-,7?,8?;2*6?,7-,8?;3-,4?;3-,4?,5?,6?,7?/m0001100/s1/i;6D;;7D;;;. The van der Waals surface area contributed by atoms with E-state index in [0.717, 1.165) is 25.7 Å². The molecule has 23 atom stereocenters. The number of alkyl halides is 28. The molecule has 0 nitrogen and oxygen atoms in total. The Morgan fingerprint density at radius 1 is 0.341 bits per heavy atom. The van der Waals surface area contributed by atoms with Gasteiger partial charge in [0.15, 0.2) is 0 Å². The van der Waals surface area contributed by atoms with Crippen molar-refractivity contribution in [1.29, 1.82) is 0 Å². The summed E-state index contributed by atoms with van der Waals surface area (Å²) in [6, 6.07) is 0. The van der Waals surface area contributed by atoms with E-state index < -0.39 is 156 Å². The molecule has 7 rings (SSSR count). The van der Waals surface area contributed by atoms with E-state index in [0.29, 0.717) is 32.1 Å². The van der Waals surface area contributed by atoms with E-state index in [1.165, 1.54) is 27.7 Å².